The molecule has 2 amide bonds. The lowest BCUT2D eigenvalue weighted by Gasteiger charge is -2.28. The largest absolute Gasteiger partial charge is 0.483 e. The van der Waals surface area contributed by atoms with E-state index in [0.717, 1.165) is 23.1 Å². The highest BCUT2D eigenvalue weighted by atomic mass is 16.5. The molecule has 0 saturated heterocycles. The zero-order chi connectivity index (χ0) is 21.2. The second-order valence-electron chi connectivity index (χ2n) is 7.28. The SMILES string of the molecule is CCCNC(=O)C(C)N(CCc1ccccc1)C(=O)COc1cccc(C)c1C. The van der Waals surface area contributed by atoms with Crippen molar-refractivity contribution in [1.29, 1.82) is 0 Å². The molecule has 0 heterocycles. The van der Waals surface area contributed by atoms with Crippen LogP contribution < -0.4 is 10.1 Å². The minimum Gasteiger partial charge on any atom is -0.483 e. The van der Waals surface area contributed by atoms with Crippen LogP contribution in [-0.2, 0) is 16.0 Å². The van der Waals surface area contributed by atoms with Crippen LogP contribution in [0, 0.1) is 13.8 Å². The number of nitrogens with one attached hydrogen (secondary N) is 1. The quantitative estimate of drug-likeness (QED) is 0.667. The Morgan fingerprint density at radius 2 is 1.79 bits per heavy atom. The van der Waals surface area contributed by atoms with Crippen molar-refractivity contribution < 1.29 is 14.3 Å². The molecule has 2 rings (SSSR count). The Balaban J connectivity index is 2.08. The van der Waals surface area contributed by atoms with Crippen LogP contribution in [0.4, 0.5) is 0 Å². The zero-order valence-corrected chi connectivity index (χ0v) is 17.9. The normalized spacial score (nSPS) is 11.6. The summed E-state index contributed by atoms with van der Waals surface area (Å²) in [6.45, 7) is 8.72. The average molecular weight is 397 g/mol. The van der Waals surface area contributed by atoms with Crippen molar-refractivity contribution in [2.75, 3.05) is 19.7 Å². The Morgan fingerprint density at radius 1 is 1.07 bits per heavy atom. The maximum absolute atomic E-state index is 13.0. The van der Waals surface area contributed by atoms with Gasteiger partial charge in [-0.2, -0.15) is 0 Å². The molecule has 0 aliphatic carbocycles. The van der Waals surface area contributed by atoms with Crippen molar-refractivity contribution in [3.05, 3.63) is 65.2 Å². The maximum atomic E-state index is 13.0. The van der Waals surface area contributed by atoms with E-state index in [1.54, 1.807) is 11.8 Å². The van der Waals surface area contributed by atoms with Crippen LogP contribution in [0.2, 0.25) is 0 Å². The van der Waals surface area contributed by atoms with Crippen molar-refractivity contribution >= 4 is 11.8 Å². The molecule has 5 heteroatoms. The Morgan fingerprint density at radius 3 is 2.48 bits per heavy atom. The fourth-order valence-electron chi connectivity index (χ4n) is 3.07. The minimum atomic E-state index is -0.556. The number of amides is 2. The van der Waals surface area contributed by atoms with Gasteiger partial charge in [0.2, 0.25) is 5.91 Å². The van der Waals surface area contributed by atoms with Gasteiger partial charge in [0, 0.05) is 13.1 Å². The van der Waals surface area contributed by atoms with Gasteiger partial charge in [-0.25, -0.2) is 0 Å². The highest BCUT2D eigenvalue weighted by Crippen LogP contribution is 2.20. The van der Waals surface area contributed by atoms with Gasteiger partial charge in [0.05, 0.1) is 0 Å². The number of rotatable bonds is 10. The molecule has 1 N–H and O–H groups in total. The van der Waals surface area contributed by atoms with Gasteiger partial charge in [-0.05, 0) is 56.4 Å². The van der Waals surface area contributed by atoms with Gasteiger partial charge in [-0.3, -0.25) is 9.59 Å². The molecule has 156 valence electrons. The number of aryl methyl sites for hydroxylation is 1. The minimum absolute atomic E-state index is 0.0928. The second-order valence-corrected chi connectivity index (χ2v) is 7.28. The van der Waals surface area contributed by atoms with E-state index in [2.05, 4.69) is 5.32 Å². The topological polar surface area (TPSA) is 58.6 Å². The number of carbonyl (C=O) groups is 2. The first-order chi connectivity index (χ1) is 13.9. The van der Waals surface area contributed by atoms with E-state index in [1.165, 1.54) is 0 Å². The summed E-state index contributed by atoms with van der Waals surface area (Å²) in [5, 5.41) is 2.88. The lowest BCUT2D eigenvalue weighted by molar-refractivity contribution is -0.141. The highest BCUT2D eigenvalue weighted by Gasteiger charge is 2.26. The van der Waals surface area contributed by atoms with Crippen LogP contribution in [0.1, 0.15) is 37.0 Å². The van der Waals surface area contributed by atoms with Crippen molar-refractivity contribution in [1.82, 2.24) is 10.2 Å². The molecule has 29 heavy (non-hydrogen) atoms. The molecule has 0 spiro atoms. The summed E-state index contributed by atoms with van der Waals surface area (Å²) in [4.78, 5) is 27.1. The van der Waals surface area contributed by atoms with E-state index in [0.29, 0.717) is 25.3 Å². The molecule has 0 bridgehead atoms. The van der Waals surface area contributed by atoms with Gasteiger partial charge in [-0.1, -0.05) is 49.4 Å². The molecule has 1 unspecified atom stereocenters. The standard InChI is InChI=1S/C24H32N2O3/c1-5-15-25-24(28)20(4)26(16-14-21-11-7-6-8-12-21)23(27)17-29-22-13-9-10-18(2)19(22)3/h6-13,20H,5,14-17H2,1-4H3,(H,25,28). The third kappa shape index (κ3) is 6.63. The Labute approximate surface area is 174 Å². The van der Waals surface area contributed by atoms with Gasteiger partial charge in [0.15, 0.2) is 6.61 Å². The molecular weight excluding hydrogens is 364 g/mol. The van der Waals surface area contributed by atoms with E-state index >= 15 is 0 Å². The van der Waals surface area contributed by atoms with Crippen molar-refractivity contribution in [3.63, 3.8) is 0 Å². The first kappa shape index (κ1) is 22.5. The molecule has 0 aliphatic heterocycles. The number of carbonyl (C=O) groups excluding carboxylic acids is 2. The number of benzene rings is 2. The molecule has 0 fully saturated rings. The van der Waals surface area contributed by atoms with Gasteiger partial charge >= 0.3 is 0 Å². The van der Waals surface area contributed by atoms with Crippen molar-refractivity contribution in [3.8, 4) is 5.75 Å². The summed E-state index contributed by atoms with van der Waals surface area (Å²) >= 11 is 0. The van der Waals surface area contributed by atoms with Gasteiger partial charge in [-0.15, -0.1) is 0 Å². The van der Waals surface area contributed by atoms with Crippen LogP contribution >= 0.6 is 0 Å². The fourth-order valence-corrected chi connectivity index (χ4v) is 3.07. The molecule has 0 radical (unpaired) electrons. The van der Waals surface area contributed by atoms with E-state index in [4.69, 9.17) is 4.74 Å². The van der Waals surface area contributed by atoms with Crippen LogP contribution in [0.15, 0.2) is 48.5 Å². The first-order valence-corrected chi connectivity index (χ1v) is 10.2. The fraction of sp³-hybridized carbons (Fsp3) is 0.417. The molecule has 0 aliphatic rings. The lowest BCUT2D eigenvalue weighted by atomic mass is 10.1. The predicted molar refractivity (Wildman–Crippen MR) is 116 cm³/mol. The molecule has 1 atom stereocenters. The third-order valence-corrected chi connectivity index (χ3v) is 5.11. The number of hydrogen-bond donors (Lipinski definition) is 1. The monoisotopic (exact) mass is 396 g/mol. The van der Waals surface area contributed by atoms with Crippen LogP contribution in [0.5, 0.6) is 5.75 Å². The van der Waals surface area contributed by atoms with Gasteiger partial charge < -0.3 is 15.0 Å². The zero-order valence-electron chi connectivity index (χ0n) is 17.9. The highest BCUT2D eigenvalue weighted by molar-refractivity contribution is 5.88. The predicted octanol–water partition coefficient (Wildman–Crippen LogP) is 3.67. The van der Waals surface area contributed by atoms with E-state index in [-0.39, 0.29) is 18.4 Å². The van der Waals surface area contributed by atoms with E-state index in [1.807, 2.05) is 69.3 Å². The summed E-state index contributed by atoms with van der Waals surface area (Å²) in [5.74, 6) is 0.366. The molecule has 2 aromatic carbocycles. The number of hydrogen-bond acceptors (Lipinski definition) is 3. The average Bonchev–Trinajstić information content (AvgIpc) is 2.73. The molecule has 0 saturated carbocycles. The van der Waals surface area contributed by atoms with Crippen molar-refractivity contribution in [2.45, 2.75) is 46.6 Å². The Hall–Kier alpha value is -2.82. The smallest absolute Gasteiger partial charge is 0.261 e. The summed E-state index contributed by atoms with van der Waals surface area (Å²) in [7, 11) is 0. The van der Waals surface area contributed by atoms with Crippen LogP contribution in [0.25, 0.3) is 0 Å². The summed E-state index contributed by atoms with van der Waals surface area (Å²) in [6.07, 6.45) is 1.54. The molecule has 2 aromatic rings. The number of ether oxygens (including phenoxy) is 1. The Bertz CT molecular complexity index is 805. The van der Waals surface area contributed by atoms with Crippen LogP contribution in [0.3, 0.4) is 0 Å². The summed E-state index contributed by atoms with van der Waals surface area (Å²) < 4.78 is 5.80. The van der Waals surface area contributed by atoms with E-state index in [9.17, 15) is 9.59 Å². The van der Waals surface area contributed by atoms with Crippen molar-refractivity contribution in [2.24, 2.45) is 0 Å². The molecule has 0 aromatic heterocycles. The van der Waals surface area contributed by atoms with Gasteiger partial charge in [0.25, 0.3) is 5.91 Å². The summed E-state index contributed by atoms with van der Waals surface area (Å²) in [6, 6.07) is 15.2. The summed E-state index contributed by atoms with van der Waals surface area (Å²) in [5.41, 5.74) is 3.26. The molecule has 5 nitrogen and oxygen atoms in total. The molecular formula is C24H32N2O3. The first-order valence-electron chi connectivity index (χ1n) is 10.2. The maximum Gasteiger partial charge on any atom is 0.261 e. The van der Waals surface area contributed by atoms with E-state index < -0.39 is 6.04 Å². The third-order valence-electron chi connectivity index (χ3n) is 5.11. The lowest BCUT2D eigenvalue weighted by Crippen LogP contribution is -2.50. The Kier molecular flexibility index (Phi) is 8.71. The number of nitrogens with zero attached hydrogens (tertiary/aromatic N) is 1. The van der Waals surface area contributed by atoms with Gasteiger partial charge in [0.1, 0.15) is 11.8 Å². The second kappa shape index (κ2) is 11.2. The van der Waals surface area contributed by atoms with Crippen LogP contribution in [-0.4, -0.2) is 42.5 Å².